The van der Waals surface area contributed by atoms with Crippen LogP contribution >= 0.6 is 0 Å². The topological polar surface area (TPSA) is 27.7 Å². The highest BCUT2D eigenvalue weighted by Gasteiger charge is 2.30. The molecule has 0 atom stereocenters. The van der Waals surface area contributed by atoms with Crippen LogP contribution in [0.4, 0.5) is 0 Å². The van der Waals surface area contributed by atoms with Crippen molar-refractivity contribution in [3.05, 3.63) is 0 Å². The van der Waals surface area contributed by atoms with Gasteiger partial charge in [0.05, 0.1) is 6.10 Å². The van der Waals surface area contributed by atoms with E-state index in [-0.39, 0.29) is 0 Å². The first-order valence-electron chi connectivity index (χ1n) is 6.16. The van der Waals surface area contributed by atoms with Gasteiger partial charge in [0.1, 0.15) is 0 Å². The molecule has 0 N–H and O–H groups in total. The van der Waals surface area contributed by atoms with Gasteiger partial charge in [-0.25, -0.2) is 0 Å². The Kier molecular flexibility index (Phi) is 5.58. The Hall–Kier alpha value is -0.120. The largest absolute Gasteiger partial charge is 0.328 e. The fourth-order valence-corrected chi connectivity index (χ4v) is 2.12. The lowest BCUT2D eigenvalue weighted by atomic mass is 9.98. The summed E-state index contributed by atoms with van der Waals surface area (Å²) in [6.07, 6.45) is 6.44. The van der Waals surface area contributed by atoms with Gasteiger partial charge in [-0.1, -0.05) is 19.3 Å². The van der Waals surface area contributed by atoms with Crippen molar-refractivity contribution in [3.8, 4) is 0 Å². The van der Waals surface area contributed by atoms with Crippen molar-refractivity contribution in [1.82, 2.24) is 0 Å². The SMILES string of the molecule is CCOC(C)(OCC)OC1CCCCC1. The minimum Gasteiger partial charge on any atom is -0.328 e. The van der Waals surface area contributed by atoms with E-state index in [1.54, 1.807) is 0 Å². The van der Waals surface area contributed by atoms with Gasteiger partial charge in [-0.3, -0.25) is 0 Å². The molecule has 0 saturated heterocycles. The van der Waals surface area contributed by atoms with Gasteiger partial charge in [-0.05, 0) is 26.7 Å². The number of hydrogen-bond acceptors (Lipinski definition) is 3. The Morgan fingerprint density at radius 1 is 1.00 bits per heavy atom. The van der Waals surface area contributed by atoms with Crippen LogP contribution in [0.1, 0.15) is 52.9 Å². The molecule has 15 heavy (non-hydrogen) atoms. The van der Waals surface area contributed by atoms with Gasteiger partial charge in [0.15, 0.2) is 0 Å². The van der Waals surface area contributed by atoms with Crippen molar-refractivity contribution in [1.29, 1.82) is 0 Å². The molecule has 1 aliphatic rings. The van der Waals surface area contributed by atoms with Crippen molar-refractivity contribution < 1.29 is 14.2 Å². The fourth-order valence-electron chi connectivity index (χ4n) is 2.12. The molecular formula is C12H24O3. The first kappa shape index (κ1) is 12.9. The molecule has 0 aromatic heterocycles. The summed E-state index contributed by atoms with van der Waals surface area (Å²) in [4.78, 5) is 0. The van der Waals surface area contributed by atoms with Gasteiger partial charge in [-0.2, -0.15) is 0 Å². The Bertz CT molecular complexity index is 158. The van der Waals surface area contributed by atoms with E-state index in [2.05, 4.69) is 0 Å². The molecular weight excluding hydrogens is 192 g/mol. The molecule has 3 heteroatoms. The summed E-state index contributed by atoms with van der Waals surface area (Å²) < 4.78 is 17.0. The van der Waals surface area contributed by atoms with E-state index in [1.165, 1.54) is 19.3 Å². The monoisotopic (exact) mass is 216 g/mol. The van der Waals surface area contributed by atoms with Crippen molar-refractivity contribution in [2.75, 3.05) is 13.2 Å². The molecule has 3 nitrogen and oxygen atoms in total. The van der Waals surface area contributed by atoms with Crippen molar-refractivity contribution in [3.63, 3.8) is 0 Å². The summed E-state index contributed by atoms with van der Waals surface area (Å²) in [5.41, 5.74) is 0. The lowest BCUT2D eigenvalue weighted by molar-refractivity contribution is -0.382. The molecule has 0 heterocycles. The highest BCUT2D eigenvalue weighted by Crippen LogP contribution is 2.26. The predicted octanol–water partition coefficient (Wildman–Crippen LogP) is 3.08. The van der Waals surface area contributed by atoms with E-state index in [0.29, 0.717) is 19.3 Å². The van der Waals surface area contributed by atoms with Gasteiger partial charge in [-0.15, -0.1) is 0 Å². The number of rotatable bonds is 6. The Balaban J connectivity index is 2.40. The van der Waals surface area contributed by atoms with Crippen molar-refractivity contribution in [2.24, 2.45) is 0 Å². The Labute approximate surface area is 93.1 Å². The lowest BCUT2D eigenvalue weighted by Crippen LogP contribution is -2.40. The van der Waals surface area contributed by atoms with Gasteiger partial charge in [0.2, 0.25) is 0 Å². The zero-order valence-electron chi connectivity index (χ0n) is 10.3. The summed E-state index contributed by atoms with van der Waals surface area (Å²) in [5.74, 6) is -0.842. The van der Waals surface area contributed by atoms with E-state index in [4.69, 9.17) is 14.2 Å². The first-order chi connectivity index (χ1) is 7.20. The summed E-state index contributed by atoms with van der Waals surface area (Å²) in [6, 6.07) is 0. The van der Waals surface area contributed by atoms with E-state index >= 15 is 0 Å². The normalized spacial score (nSPS) is 19.4. The molecule has 1 saturated carbocycles. The quantitative estimate of drug-likeness (QED) is 0.639. The molecule has 0 aliphatic heterocycles. The Morgan fingerprint density at radius 3 is 2.00 bits per heavy atom. The lowest BCUT2D eigenvalue weighted by Gasteiger charge is -2.34. The average Bonchev–Trinajstić information content (AvgIpc) is 2.19. The van der Waals surface area contributed by atoms with Crippen LogP contribution in [0.25, 0.3) is 0 Å². The van der Waals surface area contributed by atoms with Gasteiger partial charge < -0.3 is 14.2 Å². The molecule has 90 valence electrons. The minimum absolute atomic E-state index is 0.307. The second-order valence-corrected chi connectivity index (χ2v) is 4.11. The maximum atomic E-state index is 5.92. The van der Waals surface area contributed by atoms with Crippen molar-refractivity contribution in [2.45, 2.75) is 65.0 Å². The van der Waals surface area contributed by atoms with Crippen LogP contribution in [0.15, 0.2) is 0 Å². The summed E-state index contributed by atoms with van der Waals surface area (Å²) in [6.45, 7) is 7.02. The fraction of sp³-hybridized carbons (Fsp3) is 1.00. The van der Waals surface area contributed by atoms with Crippen LogP contribution in [0.2, 0.25) is 0 Å². The highest BCUT2D eigenvalue weighted by molar-refractivity contribution is 4.67. The number of hydrogen-bond donors (Lipinski definition) is 0. The van der Waals surface area contributed by atoms with E-state index in [1.807, 2.05) is 20.8 Å². The predicted molar refractivity (Wildman–Crippen MR) is 59.6 cm³/mol. The second kappa shape index (κ2) is 6.46. The molecule has 1 rings (SSSR count). The zero-order chi connectivity index (χ0) is 11.1. The zero-order valence-corrected chi connectivity index (χ0v) is 10.3. The summed E-state index contributed by atoms with van der Waals surface area (Å²) in [7, 11) is 0. The van der Waals surface area contributed by atoms with E-state index in [0.717, 1.165) is 12.8 Å². The van der Waals surface area contributed by atoms with Crippen LogP contribution in [0.5, 0.6) is 0 Å². The molecule has 0 radical (unpaired) electrons. The molecule has 0 aromatic carbocycles. The Morgan fingerprint density at radius 2 is 1.53 bits per heavy atom. The third kappa shape index (κ3) is 4.49. The van der Waals surface area contributed by atoms with Gasteiger partial charge >= 0.3 is 0 Å². The van der Waals surface area contributed by atoms with Crippen molar-refractivity contribution >= 4 is 0 Å². The van der Waals surface area contributed by atoms with Gasteiger partial charge in [0.25, 0.3) is 5.97 Å². The maximum Gasteiger partial charge on any atom is 0.280 e. The standard InChI is InChI=1S/C12H24O3/c1-4-13-12(3,14-5-2)15-11-9-7-6-8-10-11/h11H,4-10H2,1-3H3. The van der Waals surface area contributed by atoms with Crippen LogP contribution in [-0.4, -0.2) is 25.3 Å². The molecule has 1 fully saturated rings. The smallest absolute Gasteiger partial charge is 0.280 e. The molecule has 0 amide bonds. The van der Waals surface area contributed by atoms with Crippen LogP contribution in [0, 0.1) is 0 Å². The minimum atomic E-state index is -0.842. The van der Waals surface area contributed by atoms with Crippen LogP contribution in [-0.2, 0) is 14.2 Å². The van der Waals surface area contributed by atoms with Crippen LogP contribution < -0.4 is 0 Å². The molecule has 1 aliphatic carbocycles. The van der Waals surface area contributed by atoms with Gasteiger partial charge in [0, 0.05) is 20.1 Å². The third-order valence-corrected chi connectivity index (χ3v) is 2.75. The molecule has 0 unspecified atom stereocenters. The molecule has 0 bridgehead atoms. The summed E-state index contributed by atoms with van der Waals surface area (Å²) in [5, 5.41) is 0. The average molecular weight is 216 g/mol. The second-order valence-electron chi connectivity index (χ2n) is 4.11. The van der Waals surface area contributed by atoms with Crippen LogP contribution in [0.3, 0.4) is 0 Å². The maximum absolute atomic E-state index is 5.92. The number of ether oxygens (including phenoxy) is 3. The third-order valence-electron chi connectivity index (χ3n) is 2.75. The molecule has 0 spiro atoms. The van der Waals surface area contributed by atoms with E-state index < -0.39 is 5.97 Å². The summed E-state index contributed by atoms with van der Waals surface area (Å²) >= 11 is 0. The van der Waals surface area contributed by atoms with E-state index in [9.17, 15) is 0 Å². The first-order valence-corrected chi connectivity index (χ1v) is 6.16. The molecule has 0 aromatic rings. The highest BCUT2D eigenvalue weighted by atomic mass is 16.9.